The molecule has 1 aliphatic heterocycles. The van der Waals surface area contributed by atoms with Gasteiger partial charge in [0.05, 0.1) is 5.41 Å². The first-order valence-corrected chi connectivity index (χ1v) is 11.1. The van der Waals surface area contributed by atoms with Crippen LogP contribution in [0.15, 0.2) is 83.9 Å². The summed E-state index contributed by atoms with van der Waals surface area (Å²) >= 11 is 0. The molecule has 0 spiro atoms. The molecule has 6 heteroatoms. The molecule has 6 nitrogen and oxygen atoms in total. The first-order chi connectivity index (χ1) is 16.1. The molecule has 2 aromatic carbocycles. The molecule has 0 saturated heterocycles. The van der Waals surface area contributed by atoms with E-state index < -0.39 is 5.41 Å². The lowest BCUT2D eigenvalue weighted by Gasteiger charge is -2.22. The Labute approximate surface area is 192 Å². The van der Waals surface area contributed by atoms with Gasteiger partial charge in [0, 0.05) is 48.0 Å². The fourth-order valence-corrected chi connectivity index (χ4v) is 4.43. The molecule has 162 valence electrons. The lowest BCUT2D eigenvalue weighted by Crippen LogP contribution is -2.20. The van der Waals surface area contributed by atoms with E-state index in [0.29, 0.717) is 11.7 Å². The number of aromatic nitrogens is 5. The second kappa shape index (κ2) is 7.52. The number of hydrogen-bond donors (Lipinski definition) is 0. The maximum Gasteiger partial charge on any atom is 0.237 e. The SMILES string of the molecule is CC(C)(c1cncc(-c2ccc3c(c2)CCc2nccn2-3)c1)c1nc(-c2ccccc2)no1. The number of imidazole rings is 1. The van der Waals surface area contributed by atoms with Gasteiger partial charge in [-0.2, -0.15) is 4.98 Å². The second-order valence-corrected chi connectivity index (χ2v) is 8.93. The Kier molecular flexibility index (Phi) is 4.47. The smallest absolute Gasteiger partial charge is 0.237 e. The quantitative estimate of drug-likeness (QED) is 0.379. The molecular formula is C27H23N5O. The topological polar surface area (TPSA) is 69.6 Å². The summed E-state index contributed by atoms with van der Waals surface area (Å²) in [6.45, 7) is 4.17. The first-order valence-electron chi connectivity index (χ1n) is 11.1. The summed E-state index contributed by atoms with van der Waals surface area (Å²) in [5.74, 6) is 2.28. The minimum atomic E-state index is -0.483. The van der Waals surface area contributed by atoms with Crippen LogP contribution in [-0.2, 0) is 18.3 Å². The summed E-state index contributed by atoms with van der Waals surface area (Å²) in [5.41, 5.74) is 6.24. The molecule has 6 rings (SSSR count). The van der Waals surface area contributed by atoms with Crippen molar-refractivity contribution in [3.05, 3.63) is 102 Å². The zero-order valence-corrected chi connectivity index (χ0v) is 18.6. The largest absolute Gasteiger partial charge is 0.338 e. The van der Waals surface area contributed by atoms with Crippen molar-refractivity contribution in [1.82, 2.24) is 24.7 Å². The predicted octanol–water partition coefficient (Wildman–Crippen LogP) is 5.41. The number of hydrogen-bond acceptors (Lipinski definition) is 5. The Hall–Kier alpha value is -4.06. The van der Waals surface area contributed by atoms with Crippen molar-refractivity contribution >= 4 is 0 Å². The summed E-state index contributed by atoms with van der Waals surface area (Å²) in [4.78, 5) is 13.7. The molecule has 33 heavy (non-hydrogen) atoms. The number of nitrogens with zero attached hydrogens (tertiary/aromatic N) is 5. The van der Waals surface area contributed by atoms with Gasteiger partial charge in [0.2, 0.25) is 11.7 Å². The Morgan fingerprint density at radius 1 is 0.909 bits per heavy atom. The van der Waals surface area contributed by atoms with Gasteiger partial charge < -0.3 is 9.09 Å². The second-order valence-electron chi connectivity index (χ2n) is 8.93. The number of benzene rings is 2. The predicted molar refractivity (Wildman–Crippen MR) is 126 cm³/mol. The van der Waals surface area contributed by atoms with Crippen LogP contribution in [0.3, 0.4) is 0 Å². The van der Waals surface area contributed by atoms with Gasteiger partial charge in [0.25, 0.3) is 0 Å². The third-order valence-corrected chi connectivity index (χ3v) is 6.46. The highest BCUT2D eigenvalue weighted by molar-refractivity contribution is 5.67. The average molecular weight is 434 g/mol. The molecule has 3 aromatic heterocycles. The molecule has 0 saturated carbocycles. The van der Waals surface area contributed by atoms with E-state index in [0.717, 1.165) is 40.9 Å². The lowest BCUT2D eigenvalue weighted by atomic mass is 9.84. The van der Waals surface area contributed by atoms with Gasteiger partial charge in [-0.1, -0.05) is 41.6 Å². The maximum atomic E-state index is 5.69. The number of pyridine rings is 1. The molecule has 0 fully saturated rings. The molecule has 1 aliphatic rings. The molecule has 0 bridgehead atoms. The van der Waals surface area contributed by atoms with Gasteiger partial charge in [-0.25, -0.2) is 4.98 Å². The van der Waals surface area contributed by atoms with E-state index >= 15 is 0 Å². The summed E-state index contributed by atoms with van der Waals surface area (Å²) in [7, 11) is 0. The summed E-state index contributed by atoms with van der Waals surface area (Å²) in [6.07, 6.45) is 9.64. The summed E-state index contributed by atoms with van der Waals surface area (Å²) < 4.78 is 7.87. The Balaban J connectivity index is 1.34. The third kappa shape index (κ3) is 3.35. The fraction of sp³-hybridized carbons (Fsp3) is 0.185. The van der Waals surface area contributed by atoms with Gasteiger partial charge >= 0.3 is 0 Å². The van der Waals surface area contributed by atoms with Crippen LogP contribution in [0.2, 0.25) is 0 Å². The Bertz CT molecular complexity index is 1450. The average Bonchev–Trinajstić information content (AvgIpc) is 3.55. The summed E-state index contributed by atoms with van der Waals surface area (Å²) in [6, 6.07) is 18.6. The summed E-state index contributed by atoms with van der Waals surface area (Å²) in [5, 5.41) is 4.21. The molecule has 0 atom stereocenters. The third-order valence-electron chi connectivity index (χ3n) is 6.46. The van der Waals surface area contributed by atoms with Crippen molar-refractivity contribution in [1.29, 1.82) is 0 Å². The minimum absolute atomic E-state index is 0.483. The molecule has 0 N–H and O–H groups in total. The van der Waals surface area contributed by atoms with Crippen molar-refractivity contribution in [3.8, 4) is 28.2 Å². The van der Waals surface area contributed by atoms with E-state index in [9.17, 15) is 0 Å². The molecule has 0 amide bonds. The van der Waals surface area contributed by atoms with Crippen molar-refractivity contribution in [2.75, 3.05) is 0 Å². The highest BCUT2D eigenvalue weighted by atomic mass is 16.5. The number of rotatable bonds is 4. The Morgan fingerprint density at radius 3 is 2.67 bits per heavy atom. The van der Waals surface area contributed by atoms with Crippen LogP contribution in [0, 0.1) is 0 Å². The fourth-order valence-electron chi connectivity index (χ4n) is 4.43. The molecule has 0 aliphatic carbocycles. The van der Waals surface area contributed by atoms with Crippen LogP contribution in [0.25, 0.3) is 28.2 Å². The highest BCUT2D eigenvalue weighted by Gasteiger charge is 2.31. The van der Waals surface area contributed by atoms with Gasteiger partial charge in [0.1, 0.15) is 5.82 Å². The van der Waals surface area contributed by atoms with E-state index in [4.69, 9.17) is 9.51 Å². The monoisotopic (exact) mass is 433 g/mol. The highest BCUT2D eigenvalue weighted by Crippen LogP contribution is 2.34. The maximum absolute atomic E-state index is 5.69. The minimum Gasteiger partial charge on any atom is -0.338 e. The van der Waals surface area contributed by atoms with Gasteiger partial charge in [-0.3, -0.25) is 4.98 Å². The lowest BCUT2D eigenvalue weighted by molar-refractivity contribution is 0.332. The van der Waals surface area contributed by atoms with E-state index in [2.05, 4.69) is 57.8 Å². The molecule has 0 unspecified atom stereocenters. The van der Waals surface area contributed by atoms with E-state index in [1.807, 2.05) is 55.1 Å². The van der Waals surface area contributed by atoms with Crippen molar-refractivity contribution in [2.24, 2.45) is 0 Å². The van der Waals surface area contributed by atoms with Crippen LogP contribution in [-0.4, -0.2) is 24.7 Å². The normalized spacial score (nSPS) is 12.9. The van der Waals surface area contributed by atoms with Crippen molar-refractivity contribution in [3.63, 3.8) is 0 Å². The molecule has 4 heterocycles. The standard InChI is InChI=1S/C27H23N5O/c1-27(2,26-30-25(31-33-26)18-6-4-3-5-7-18)22-15-21(16-28-17-22)19-8-10-23-20(14-19)9-11-24-29-12-13-32(23)24/h3-8,10,12-17H,9,11H2,1-2H3. The molecule has 5 aromatic rings. The van der Waals surface area contributed by atoms with E-state index in [-0.39, 0.29) is 0 Å². The number of aryl methyl sites for hydroxylation is 2. The van der Waals surface area contributed by atoms with Crippen molar-refractivity contribution < 1.29 is 4.52 Å². The molecular weight excluding hydrogens is 410 g/mol. The van der Waals surface area contributed by atoms with Crippen molar-refractivity contribution in [2.45, 2.75) is 32.1 Å². The van der Waals surface area contributed by atoms with Crippen LogP contribution in [0.1, 0.15) is 36.7 Å². The van der Waals surface area contributed by atoms with Crippen LogP contribution >= 0.6 is 0 Å². The van der Waals surface area contributed by atoms with Gasteiger partial charge in [-0.05, 0) is 55.2 Å². The van der Waals surface area contributed by atoms with E-state index in [1.165, 1.54) is 11.3 Å². The first kappa shape index (κ1) is 19.6. The number of fused-ring (bicyclic) bond motifs is 3. The van der Waals surface area contributed by atoms with Gasteiger partial charge in [-0.15, -0.1) is 0 Å². The van der Waals surface area contributed by atoms with Crippen LogP contribution in [0.5, 0.6) is 0 Å². The Morgan fingerprint density at radius 2 is 1.79 bits per heavy atom. The zero-order chi connectivity index (χ0) is 22.4. The zero-order valence-electron chi connectivity index (χ0n) is 18.6. The molecule has 0 radical (unpaired) electrons. The van der Waals surface area contributed by atoms with E-state index in [1.54, 1.807) is 0 Å². The van der Waals surface area contributed by atoms with Gasteiger partial charge in [0.15, 0.2) is 0 Å². The van der Waals surface area contributed by atoms with Crippen LogP contribution in [0.4, 0.5) is 0 Å². The van der Waals surface area contributed by atoms with Crippen LogP contribution < -0.4 is 0 Å².